The molecule has 0 radical (unpaired) electrons. The largest absolute Gasteiger partial charge is 0.478 e. The Morgan fingerprint density at radius 3 is 2.47 bits per heavy atom. The molecule has 4 nitrogen and oxygen atoms in total. The minimum absolute atomic E-state index is 0.256. The summed E-state index contributed by atoms with van der Waals surface area (Å²) in [5.74, 6) is -0.293. The van der Waals surface area contributed by atoms with E-state index in [-0.39, 0.29) is 5.56 Å². The number of thioether (sulfide) groups is 1. The number of aliphatic hydroxyl groups is 1. The summed E-state index contributed by atoms with van der Waals surface area (Å²) in [6.07, 6.45) is 1.94. The third-order valence-electron chi connectivity index (χ3n) is 2.26. The Balaban J connectivity index is 2.55. The first-order valence-corrected chi connectivity index (χ1v) is 6.62. The zero-order chi connectivity index (χ0) is 12.9. The Labute approximate surface area is 105 Å². The lowest BCUT2D eigenvalue weighted by Gasteiger charge is -2.23. The molecule has 0 spiro atoms. The summed E-state index contributed by atoms with van der Waals surface area (Å²) in [5, 5.41) is 21.8. The van der Waals surface area contributed by atoms with E-state index in [2.05, 4.69) is 5.32 Å². The number of nitrogens with one attached hydrogen (secondary N) is 1. The fourth-order valence-corrected chi connectivity index (χ4v) is 2.11. The van der Waals surface area contributed by atoms with Crippen LogP contribution in [0.4, 0.5) is 5.69 Å². The van der Waals surface area contributed by atoms with Crippen molar-refractivity contribution >= 4 is 23.4 Å². The van der Waals surface area contributed by atoms with E-state index in [1.165, 1.54) is 12.1 Å². The van der Waals surface area contributed by atoms with Gasteiger partial charge in [-0.25, -0.2) is 4.79 Å². The Morgan fingerprint density at radius 1 is 1.41 bits per heavy atom. The number of rotatable bonds is 6. The van der Waals surface area contributed by atoms with Crippen molar-refractivity contribution in [1.82, 2.24) is 0 Å². The maximum absolute atomic E-state index is 10.7. The lowest BCUT2D eigenvalue weighted by molar-refractivity contribution is 0.0696. The smallest absolute Gasteiger partial charge is 0.335 e. The van der Waals surface area contributed by atoms with Crippen LogP contribution >= 0.6 is 11.8 Å². The second kappa shape index (κ2) is 5.93. The van der Waals surface area contributed by atoms with E-state index in [4.69, 9.17) is 5.11 Å². The second-order valence-electron chi connectivity index (χ2n) is 4.17. The van der Waals surface area contributed by atoms with E-state index in [1.54, 1.807) is 30.8 Å². The topological polar surface area (TPSA) is 69.6 Å². The van der Waals surface area contributed by atoms with E-state index in [0.29, 0.717) is 12.3 Å². The van der Waals surface area contributed by atoms with Crippen LogP contribution in [0.5, 0.6) is 0 Å². The van der Waals surface area contributed by atoms with Gasteiger partial charge in [0.1, 0.15) is 0 Å². The molecule has 1 aromatic carbocycles. The first-order valence-electron chi connectivity index (χ1n) is 5.23. The van der Waals surface area contributed by atoms with Gasteiger partial charge in [-0.05, 0) is 37.4 Å². The third kappa shape index (κ3) is 4.66. The van der Waals surface area contributed by atoms with Gasteiger partial charge in [-0.1, -0.05) is 0 Å². The van der Waals surface area contributed by atoms with Crippen LogP contribution in [-0.2, 0) is 0 Å². The Morgan fingerprint density at radius 2 is 2.00 bits per heavy atom. The van der Waals surface area contributed by atoms with Crippen LogP contribution in [0.1, 0.15) is 17.3 Å². The first-order chi connectivity index (χ1) is 7.94. The minimum Gasteiger partial charge on any atom is -0.478 e. The zero-order valence-electron chi connectivity index (χ0n) is 9.93. The van der Waals surface area contributed by atoms with Gasteiger partial charge in [0.25, 0.3) is 0 Å². The predicted molar refractivity (Wildman–Crippen MR) is 70.9 cm³/mol. The number of carboxylic acid groups (broad SMARTS) is 1. The predicted octanol–water partition coefficient (Wildman–Crippen LogP) is 1.91. The number of carboxylic acids is 1. The third-order valence-corrected chi connectivity index (χ3v) is 3.17. The maximum atomic E-state index is 10.7. The van der Waals surface area contributed by atoms with Crippen molar-refractivity contribution in [1.29, 1.82) is 0 Å². The summed E-state index contributed by atoms with van der Waals surface area (Å²) in [5.41, 5.74) is 0.285. The Hall–Kier alpha value is -1.20. The van der Waals surface area contributed by atoms with E-state index in [9.17, 15) is 9.90 Å². The van der Waals surface area contributed by atoms with Crippen LogP contribution in [-0.4, -0.2) is 40.3 Å². The molecular weight excluding hydrogens is 238 g/mol. The fraction of sp³-hybridized carbons (Fsp3) is 0.417. The number of hydrogen-bond acceptors (Lipinski definition) is 4. The Kier molecular flexibility index (Phi) is 4.84. The van der Waals surface area contributed by atoms with Crippen molar-refractivity contribution in [2.45, 2.75) is 12.5 Å². The molecule has 0 aliphatic heterocycles. The monoisotopic (exact) mass is 255 g/mol. The molecule has 5 heteroatoms. The summed E-state index contributed by atoms with van der Waals surface area (Å²) in [7, 11) is 0. The molecule has 0 heterocycles. The molecule has 94 valence electrons. The van der Waals surface area contributed by atoms with Crippen LogP contribution in [0.25, 0.3) is 0 Å². The molecule has 0 aromatic heterocycles. The van der Waals surface area contributed by atoms with Crippen LogP contribution in [0.2, 0.25) is 0 Å². The molecular formula is C12H17NO3S. The van der Waals surface area contributed by atoms with Gasteiger partial charge in [-0.15, -0.1) is 0 Å². The number of hydrogen-bond donors (Lipinski definition) is 3. The molecule has 0 saturated heterocycles. The second-order valence-corrected chi connectivity index (χ2v) is 5.03. The molecule has 0 aliphatic rings. The molecule has 1 unspecified atom stereocenters. The van der Waals surface area contributed by atoms with Gasteiger partial charge in [0.15, 0.2) is 0 Å². The zero-order valence-corrected chi connectivity index (χ0v) is 10.8. The standard InChI is InChI=1S/C12H17NO3S/c1-12(16,8-17-2)7-13-10-5-3-9(4-6-10)11(14)15/h3-6,13,16H,7-8H2,1-2H3,(H,14,15). The highest BCUT2D eigenvalue weighted by Crippen LogP contribution is 2.14. The summed E-state index contributed by atoms with van der Waals surface area (Å²) in [6, 6.07) is 6.46. The summed E-state index contributed by atoms with van der Waals surface area (Å²) in [6.45, 7) is 2.20. The van der Waals surface area contributed by atoms with Crippen molar-refractivity contribution in [2.75, 3.05) is 23.9 Å². The van der Waals surface area contributed by atoms with Gasteiger partial charge in [-0.3, -0.25) is 0 Å². The van der Waals surface area contributed by atoms with Gasteiger partial charge in [0.2, 0.25) is 0 Å². The number of benzene rings is 1. The highest BCUT2D eigenvalue weighted by Gasteiger charge is 2.18. The minimum atomic E-state index is -0.939. The van der Waals surface area contributed by atoms with Crippen molar-refractivity contribution < 1.29 is 15.0 Å². The van der Waals surface area contributed by atoms with E-state index >= 15 is 0 Å². The van der Waals surface area contributed by atoms with Gasteiger partial charge < -0.3 is 15.5 Å². The molecule has 1 atom stereocenters. The normalized spacial score (nSPS) is 14.1. The molecule has 1 rings (SSSR count). The lowest BCUT2D eigenvalue weighted by Crippen LogP contribution is -2.36. The van der Waals surface area contributed by atoms with Crippen molar-refractivity contribution in [3.05, 3.63) is 29.8 Å². The van der Waals surface area contributed by atoms with E-state index in [1.807, 2.05) is 6.26 Å². The van der Waals surface area contributed by atoms with Gasteiger partial charge in [0.05, 0.1) is 11.2 Å². The number of aromatic carboxylic acids is 1. The summed E-state index contributed by atoms with van der Waals surface area (Å²) < 4.78 is 0. The fourth-order valence-electron chi connectivity index (χ4n) is 1.39. The van der Waals surface area contributed by atoms with Crippen LogP contribution in [0.3, 0.4) is 0 Å². The molecule has 3 N–H and O–H groups in total. The van der Waals surface area contributed by atoms with Crippen LogP contribution in [0, 0.1) is 0 Å². The number of carbonyl (C=O) groups is 1. The van der Waals surface area contributed by atoms with Gasteiger partial charge in [-0.2, -0.15) is 11.8 Å². The average Bonchev–Trinajstić information content (AvgIpc) is 2.27. The highest BCUT2D eigenvalue weighted by atomic mass is 32.2. The van der Waals surface area contributed by atoms with Crippen LogP contribution in [0.15, 0.2) is 24.3 Å². The maximum Gasteiger partial charge on any atom is 0.335 e. The van der Waals surface area contributed by atoms with Gasteiger partial charge in [0, 0.05) is 18.0 Å². The molecule has 0 saturated carbocycles. The van der Waals surface area contributed by atoms with Crippen molar-refractivity contribution in [3.63, 3.8) is 0 Å². The van der Waals surface area contributed by atoms with Gasteiger partial charge >= 0.3 is 5.97 Å². The van der Waals surface area contributed by atoms with Crippen molar-refractivity contribution in [2.24, 2.45) is 0 Å². The quantitative estimate of drug-likeness (QED) is 0.724. The lowest BCUT2D eigenvalue weighted by atomic mass is 10.1. The molecule has 0 amide bonds. The molecule has 0 aliphatic carbocycles. The molecule has 0 fully saturated rings. The van der Waals surface area contributed by atoms with E-state index in [0.717, 1.165) is 5.69 Å². The molecule has 17 heavy (non-hydrogen) atoms. The molecule has 1 aromatic rings. The summed E-state index contributed by atoms with van der Waals surface area (Å²) in [4.78, 5) is 10.7. The molecule has 0 bridgehead atoms. The first kappa shape index (κ1) is 13.9. The summed E-state index contributed by atoms with van der Waals surface area (Å²) >= 11 is 1.58. The Bertz CT molecular complexity index is 376. The highest BCUT2D eigenvalue weighted by molar-refractivity contribution is 7.98. The number of anilines is 1. The van der Waals surface area contributed by atoms with Crippen molar-refractivity contribution in [3.8, 4) is 0 Å². The average molecular weight is 255 g/mol. The SMILES string of the molecule is CSCC(C)(O)CNc1ccc(C(=O)O)cc1. The van der Waals surface area contributed by atoms with E-state index < -0.39 is 11.6 Å². The van der Waals surface area contributed by atoms with Crippen LogP contribution < -0.4 is 5.32 Å².